The first-order chi connectivity index (χ1) is 26.2. The van der Waals surface area contributed by atoms with Gasteiger partial charge in [-0.3, -0.25) is 4.99 Å². The van der Waals surface area contributed by atoms with E-state index in [0.29, 0.717) is 12.4 Å². The van der Waals surface area contributed by atoms with Crippen LogP contribution in [0.5, 0.6) is 0 Å². The van der Waals surface area contributed by atoms with Crippen molar-refractivity contribution in [3.8, 4) is 50.7 Å². The second-order valence-corrected chi connectivity index (χ2v) is 13.3. The molecule has 250 valence electrons. The summed E-state index contributed by atoms with van der Waals surface area (Å²) >= 11 is 0. The van der Waals surface area contributed by atoms with E-state index in [0.717, 1.165) is 56.2 Å². The van der Waals surface area contributed by atoms with Crippen molar-refractivity contribution in [2.45, 2.75) is 6.54 Å². The fourth-order valence-corrected chi connectivity index (χ4v) is 7.92. The normalized spacial score (nSPS) is 12.1. The van der Waals surface area contributed by atoms with E-state index in [1.54, 1.807) is 0 Å². The molecule has 1 aliphatic heterocycles. The van der Waals surface area contributed by atoms with Gasteiger partial charge in [0, 0.05) is 50.9 Å². The zero-order valence-corrected chi connectivity index (χ0v) is 28.9. The number of hydrogen-bond acceptors (Lipinski definition) is 4. The Kier molecular flexibility index (Phi) is 7.29. The Hall–Kier alpha value is -7.11. The summed E-state index contributed by atoms with van der Waals surface area (Å²) in [6.07, 6.45) is 0. The minimum Gasteiger partial charge on any atom is -0.335 e. The number of anilines is 2. The molecule has 3 heterocycles. The Balaban J connectivity index is 1.17. The minimum atomic E-state index is 0.687. The fourth-order valence-electron chi connectivity index (χ4n) is 7.92. The molecule has 0 N–H and O–H groups in total. The van der Waals surface area contributed by atoms with Crippen LogP contribution in [0.25, 0.3) is 72.5 Å². The molecule has 9 aromatic rings. The SMILES string of the molecule is C=Nc1ccccc1N1Cc2c(ccc3c2c2ccccc2n3-c2cccc(-c3nc(-c4ccccc4)cc(-c4ccccc4)n3)c2)-c2ccccc21. The van der Waals surface area contributed by atoms with Crippen LogP contribution in [0.1, 0.15) is 5.56 Å². The molecule has 0 saturated heterocycles. The first-order valence-electron chi connectivity index (χ1n) is 17.8. The lowest BCUT2D eigenvalue weighted by Gasteiger charge is -2.34. The van der Waals surface area contributed by atoms with Crippen molar-refractivity contribution >= 4 is 45.6 Å². The molecule has 0 bridgehead atoms. The van der Waals surface area contributed by atoms with E-state index in [4.69, 9.17) is 9.97 Å². The van der Waals surface area contributed by atoms with Gasteiger partial charge in [0.2, 0.25) is 0 Å². The average Bonchev–Trinajstić information content (AvgIpc) is 3.59. The predicted molar refractivity (Wildman–Crippen MR) is 220 cm³/mol. The van der Waals surface area contributed by atoms with E-state index in [9.17, 15) is 0 Å². The van der Waals surface area contributed by atoms with Gasteiger partial charge in [0.1, 0.15) is 0 Å². The number of para-hydroxylation sites is 4. The molecule has 0 fully saturated rings. The van der Waals surface area contributed by atoms with Gasteiger partial charge >= 0.3 is 0 Å². The van der Waals surface area contributed by atoms with E-state index in [1.807, 2.05) is 48.5 Å². The highest BCUT2D eigenvalue weighted by Crippen LogP contribution is 2.48. The maximum Gasteiger partial charge on any atom is 0.160 e. The van der Waals surface area contributed by atoms with Gasteiger partial charge in [0.05, 0.1) is 33.8 Å². The summed E-state index contributed by atoms with van der Waals surface area (Å²) in [4.78, 5) is 17.1. The molecule has 0 saturated carbocycles. The van der Waals surface area contributed by atoms with Gasteiger partial charge in [0.25, 0.3) is 0 Å². The lowest BCUT2D eigenvalue weighted by Crippen LogP contribution is -2.21. The molecule has 0 spiro atoms. The number of aliphatic imine (C=N–C) groups is 1. The van der Waals surface area contributed by atoms with Crippen molar-refractivity contribution in [3.05, 3.63) is 181 Å². The van der Waals surface area contributed by atoms with Crippen molar-refractivity contribution in [2.24, 2.45) is 4.99 Å². The summed E-state index contributed by atoms with van der Waals surface area (Å²) in [6, 6.07) is 61.6. The topological polar surface area (TPSA) is 46.3 Å². The van der Waals surface area contributed by atoms with Crippen molar-refractivity contribution in [1.82, 2.24) is 14.5 Å². The van der Waals surface area contributed by atoms with Crippen molar-refractivity contribution in [3.63, 3.8) is 0 Å². The lowest BCUT2D eigenvalue weighted by molar-refractivity contribution is 0.970. The highest BCUT2D eigenvalue weighted by Gasteiger charge is 2.28. The largest absolute Gasteiger partial charge is 0.335 e. The number of fused-ring (bicyclic) bond motifs is 7. The molecule has 10 rings (SSSR count). The van der Waals surface area contributed by atoms with E-state index < -0.39 is 0 Å². The van der Waals surface area contributed by atoms with Gasteiger partial charge in [-0.25, -0.2) is 9.97 Å². The molecule has 0 unspecified atom stereocenters. The van der Waals surface area contributed by atoms with Crippen LogP contribution in [0.15, 0.2) is 181 Å². The summed E-state index contributed by atoms with van der Waals surface area (Å²) in [6.45, 7) is 4.60. The Labute approximate surface area is 307 Å². The third-order valence-electron chi connectivity index (χ3n) is 10.3. The van der Waals surface area contributed by atoms with Gasteiger partial charge < -0.3 is 9.47 Å². The highest BCUT2D eigenvalue weighted by atomic mass is 15.2. The molecule has 1 aliphatic rings. The van der Waals surface area contributed by atoms with Gasteiger partial charge in [-0.2, -0.15) is 0 Å². The summed E-state index contributed by atoms with van der Waals surface area (Å²) in [7, 11) is 0. The van der Waals surface area contributed by atoms with Crippen LogP contribution >= 0.6 is 0 Å². The molecule has 53 heavy (non-hydrogen) atoms. The third-order valence-corrected chi connectivity index (χ3v) is 10.3. The van der Waals surface area contributed by atoms with Crippen molar-refractivity contribution < 1.29 is 0 Å². The number of aromatic nitrogens is 3. The standard InChI is InChI=1S/C48H33N5/c1-49-40-23-10-13-26-45(40)52-31-39-36(37-21-8-11-24-43(37)52)27-28-46-47(39)38-22-9-12-25-44(38)53(46)35-20-14-19-34(29-35)48-50-41(32-15-4-2-5-16-32)30-42(51-48)33-17-6-3-7-18-33/h2-30H,1,31H2. The molecule has 0 amide bonds. The van der Waals surface area contributed by atoms with Crippen molar-refractivity contribution in [2.75, 3.05) is 4.90 Å². The summed E-state index contributed by atoms with van der Waals surface area (Å²) < 4.78 is 2.39. The molecular weight excluding hydrogens is 647 g/mol. The Morgan fingerprint density at radius 3 is 1.91 bits per heavy atom. The number of benzene rings is 7. The van der Waals surface area contributed by atoms with Gasteiger partial charge in [-0.05, 0) is 66.4 Å². The smallest absolute Gasteiger partial charge is 0.160 e. The lowest BCUT2D eigenvalue weighted by atomic mass is 9.90. The van der Waals surface area contributed by atoms with Gasteiger partial charge in [-0.1, -0.05) is 127 Å². The Bertz CT molecular complexity index is 2780. The second kappa shape index (κ2) is 12.6. The third kappa shape index (κ3) is 5.13. The number of hydrogen-bond donors (Lipinski definition) is 0. The van der Waals surface area contributed by atoms with Crippen molar-refractivity contribution in [1.29, 1.82) is 0 Å². The van der Waals surface area contributed by atoms with Crippen LogP contribution in [0.4, 0.5) is 17.1 Å². The Morgan fingerprint density at radius 1 is 0.509 bits per heavy atom. The summed E-state index contributed by atoms with van der Waals surface area (Å²) in [5.74, 6) is 0.687. The second-order valence-electron chi connectivity index (χ2n) is 13.3. The number of nitrogens with zero attached hydrogens (tertiary/aromatic N) is 5. The molecule has 5 heteroatoms. The van der Waals surface area contributed by atoms with E-state index in [-0.39, 0.29) is 0 Å². The van der Waals surface area contributed by atoms with Crippen LogP contribution in [-0.2, 0) is 6.54 Å². The molecule has 2 aromatic heterocycles. The molecule has 0 aliphatic carbocycles. The minimum absolute atomic E-state index is 0.687. The fraction of sp³-hybridized carbons (Fsp3) is 0.0208. The highest BCUT2D eigenvalue weighted by molar-refractivity contribution is 6.14. The van der Waals surface area contributed by atoms with Crippen LogP contribution < -0.4 is 4.90 Å². The molecule has 0 atom stereocenters. The quantitative estimate of drug-likeness (QED) is 0.164. The van der Waals surface area contributed by atoms with Crippen LogP contribution in [0.3, 0.4) is 0 Å². The van der Waals surface area contributed by atoms with Gasteiger partial charge in [-0.15, -0.1) is 0 Å². The molecule has 5 nitrogen and oxygen atoms in total. The van der Waals surface area contributed by atoms with Crippen LogP contribution in [-0.4, -0.2) is 21.3 Å². The molecular formula is C48H33N5. The average molecular weight is 680 g/mol. The van der Waals surface area contributed by atoms with E-state index >= 15 is 0 Å². The number of rotatable bonds is 6. The van der Waals surface area contributed by atoms with Crippen LogP contribution in [0.2, 0.25) is 0 Å². The van der Waals surface area contributed by atoms with E-state index in [1.165, 1.54) is 33.2 Å². The first-order valence-corrected chi connectivity index (χ1v) is 17.8. The van der Waals surface area contributed by atoms with Crippen LogP contribution in [0, 0.1) is 0 Å². The summed E-state index contributed by atoms with van der Waals surface area (Å²) in [5, 5.41) is 2.47. The zero-order chi connectivity index (χ0) is 35.3. The maximum absolute atomic E-state index is 5.14. The molecule has 7 aromatic carbocycles. The molecule has 0 radical (unpaired) electrons. The maximum atomic E-state index is 5.14. The van der Waals surface area contributed by atoms with Gasteiger partial charge in [0.15, 0.2) is 5.82 Å². The first kappa shape index (κ1) is 30.7. The zero-order valence-electron chi connectivity index (χ0n) is 28.9. The predicted octanol–water partition coefficient (Wildman–Crippen LogP) is 12.2. The summed E-state index contributed by atoms with van der Waals surface area (Å²) in [5.41, 5.74) is 15.0. The van der Waals surface area contributed by atoms with E-state index in [2.05, 4.69) is 149 Å². The Morgan fingerprint density at radius 2 is 1.15 bits per heavy atom. The monoisotopic (exact) mass is 679 g/mol.